The zero-order valence-electron chi connectivity index (χ0n) is 17.2. The van der Waals surface area contributed by atoms with Gasteiger partial charge in [-0.2, -0.15) is 17.6 Å². The zero-order valence-corrected chi connectivity index (χ0v) is 17.2. The summed E-state index contributed by atoms with van der Waals surface area (Å²) in [4.78, 5) is 22.0. The molecule has 10 heteroatoms. The first kappa shape index (κ1) is 28.3. The number of ether oxygens (including phenoxy) is 3. The molecular weight excluding hydrogens is 424 g/mol. The first-order chi connectivity index (χ1) is 14.5. The van der Waals surface area contributed by atoms with Crippen molar-refractivity contribution in [3.63, 3.8) is 0 Å². The minimum Gasteiger partial charge on any atom is -0.464 e. The Hall–Kier alpha value is -2.72. The van der Waals surface area contributed by atoms with Crippen LogP contribution in [-0.4, -0.2) is 54.3 Å². The van der Waals surface area contributed by atoms with E-state index in [4.69, 9.17) is 9.84 Å². The van der Waals surface area contributed by atoms with Crippen LogP contribution in [0.15, 0.2) is 55.6 Å². The number of aliphatic hydroxyl groups is 1. The van der Waals surface area contributed by atoms with E-state index in [9.17, 15) is 27.2 Å². The summed E-state index contributed by atoms with van der Waals surface area (Å²) in [6.45, 7) is 8.64. The number of hydrogen-bond acceptors (Lipinski definition) is 6. The molecule has 1 aromatic rings. The van der Waals surface area contributed by atoms with Crippen molar-refractivity contribution >= 4 is 11.9 Å². The van der Waals surface area contributed by atoms with Crippen LogP contribution in [0.1, 0.15) is 19.4 Å². The smallest absolute Gasteiger partial charge is 0.342 e. The number of benzene rings is 1. The summed E-state index contributed by atoms with van der Waals surface area (Å²) >= 11 is 0. The molecule has 6 nitrogen and oxygen atoms in total. The molecule has 0 aliphatic heterocycles. The molecule has 2 atom stereocenters. The molecule has 1 aromatic carbocycles. The third-order valence-electron chi connectivity index (χ3n) is 3.53. The summed E-state index contributed by atoms with van der Waals surface area (Å²) in [5.41, 5.74) is 0.691. The fourth-order valence-corrected chi connectivity index (χ4v) is 1.91. The molecule has 174 valence electrons. The molecule has 0 fully saturated rings. The Morgan fingerprint density at radius 2 is 1.45 bits per heavy atom. The Morgan fingerprint density at radius 1 is 0.968 bits per heavy atom. The zero-order chi connectivity index (χ0) is 24.1. The fraction of sp³-hybridized carbons (Fsp3) is 0.429. The van der Waals surface area contributed by atoms with E-state index in [1.54, 1.807) is 30.3 Å². The second kappa shape index (κ2) is 13.6. The molecule has 0 radical (unpaired) electrons. The van der Waals surface area contributed by atoms with Crippen LogP contribution >= 0.6 is 0 Å². The molecule has 0 aromatic heterocycles. The molecule has 0 heterocycles. The third-order valence-corrected chi connectivity index (χ3v) is 3.53. The first-order valence-electron chi connectivity index (χ1n) is 9.16. The lowest BCUT2D eigenvalue weighted by molar-refractivity contribution is -0.179. The average molecular weight is 450 g/mol. The molecule has 0 amide bonds. The minimum atomic E-state index is -3.63. The highest BCUT2D eigenvalue weighted by Gasteiger charge is 2.44. The number of carbonyl (C=O) groups is 2. The highest BCUT2D eigenvalue weighted by atomic mass is 19.3. The van der Waals surface area contributed by atoms with Gasteiger partial charge in [-0.25, -0.2) is 9.59 Å². The van der Waals surface area contributed by atoms with E-state index in [2.05, 4.69) is 22.6 Å². The van der Waals surface area contributed by atoms with Crippen molar-refractivity contribution in [2.45, 2.75) is 44.5 Å². The van der Waals surface area contributed by atoms with E-state index in [1.165, 1.54) is 13.8 Å². The van der Waals surface area contributed by atoms with Crippen LogP contribution in [0.25, 0.3) is 0 Å². The van der Waals surface area contributed by atoms with Gasteiger partial charge in [0.2, 0.25) is 12.2 Å². The monoisotopic (exact) mass is 450 g/mol. The number of carbonyl (C=O) groups excluding carboxylic acids is 2. The molecular formula is C21H26F4O6. The standard InChI is InChI=1S/C14H16F2O3.C7H10F2O3/c1-3-14(15,16)12(13(17)18-4-2)19-10-11-8-6-5-7-9-11;1-3-7(8,9)5(10)6(11)12-4-2/h3,5-9,12H,1,4,10H2,2H3;3,5,10H,1,4H2,2H3. The van der Waals surface area contributed by atoms with Gasteiger partial charge in [-0.1, -0.05) is 43.5 Å². The predicted molar refractivity (Wildman–Crippen MR) is 105 cm³/mol. The van der Waals surface area contributed by atoms with Gasteiger partial charge in [-0.15, -0.1) is 0 Å². The first-order valence-corrected chi connectivity index (χ1v) is 9.16. The molecule has 0 saturated heterocycles. The number of esters is 2. The Balaban J connectivity index is 0.000000649. The van der Waals surface area contributed by atoms with Crippen molar-refractivity contribution in [2.75, 3.05) is 13.2 Å². The second-order valence-corrected chi connectivity index (χ2v) is 5.84. The Labute approximate surface area is 178 Å². The van der Waals surface area contributed by atoms with Crippen LogP contribution in [0, 0.1) is 0 Å². The van der Waals surface area contributed by atoms with Gasteiger partial charge in [0.25, 0.3) is 0 Å². The topological polar surface area (TPSA) is 82.1 Å². The van der Waals surface area contributed by atoms with Gasteiger partial charge >= 0.3 is 23.8 Å². The number of halogens is 4. The van der Waals surface area contributed by atoms with E-state index in [1.807, 2.05) is 0 Å². The van der Waals surface area contributed by atoms with Gasteiger partial charge in [-0.05, 0) is 31.6 Å². The molecule has 31 heavy (non-hydrogen) atoms. The number of rotatable bonds is 11. The van der Waals surface area contributed by atoms with E-state index in [0.717, 1.165) is 0 Å². The molecule has 0 spiro atoms. The van der Waals surface area contributed by atoms with E-state index in [0.29, 0.717) is 11.6 Å². The van der Waals surface area contributed by atoms with Gasteiger partial charge in [0.1, 0.15) is 0 Å². The normalized spacial score (nSPS) is 13.1. The SMILES string of the molecule is C=CC(F)(F)C(O)C(=O)OCC.C=CC(F)(F)C(OCc1ccccc1)C(=O)OCC. The van der Waals surface area contributed by atoms with Gasteiger partial charge in [0.05, 0.1) is 19.8 Å². The number of alkyl halides is 4. The molecule has 1 rings (SSSR count). The van der Waals surface area contributed by atoms with E-state index >= 15 is 0 Å². The van der Waals surface area contributed by atoms with Crippen LogP contribution in [0.2, 0.25) is 0 Å². The van der Waals surface area contributed by atoms with Crippen molar-refractivity contribution in [3.8, 4) is 0 Å². The molecule has 0 aliphatic rings. The van der Waals surface area contributed by atoms with Gasteiger partial charge in [0, 0.05) is 0 Å². The highest BCUT2D eigenvalue weighted by Crippen LogP contribution is 2.25. The molecule has 1 N–H and O–H groups in total. The summed E-state index contributed by atoms with van der Waals surface area (Å²) < 4.78 is 65.8. The predicted octanol–water partition coefficient (Wildman–Crippen LogP) is 3.69. The fourth-order valence-electron chi connectivity index (χ4n) is 1.91. The lowest BCUT2D eigenvalue weighted by Gasteiger charge is -2.22. The molecule has 0 bridgehead atoms. The Morgan fingerprint density at radius 3 is 1.90 bits per heavy atom. The summed E-state index contributed by atoms with van der Waals surface area (Å²) in [5, 5.41) is 8.68. The minimum absolute atomic E-state index is 0.0112. The third kappa shape index (κ3) is 9.75. The summed E-state index contributed by atoms with van der Waals surface area (Å²) in [6, 6.07) is 8.74. The maximum Gasteiger partial charge on any atom is 0.342 e. The van der Waals surface area contributed by atoms with E-state index < -0.39 is 36.0 Å². The van der Waals surface area contributed by atoms with Crippen molar-refractivity contribution in [1.29, 1.82) is 0 Å². The lowest BCUT2D eigenvalue weighted by atomic mass is 10.2. The van der Waals surface area contributed by atoms with Crippen molar-refractivity contribution in [3.05, 3.63) is 61.2 Å². The maximum atomic E-state index is 13.5. The molecule has 2 unspecified atom stereocenters. The van der Waals surface area contributed by atoms with Gasteiger partial charge in [-0.3, -0.25) is 0 Å². The lowest BCUT2D eigenvalue weighted by Crippen LogP contribution is -2.41. The van der Waals surface area contributed by atoms with E-state index in [-0.39, 0.29) is 25.9 Å². The molecule has 0 aliphatic carbocycles. The Bertz CT molecular complexity index is 709. The van der Waals surface area contributed by atoms with Crippen molar-refractivity contribution < 1.29 is 46.5 Å². The van der Waals surface area contributed by atoms with Crippen LogP contribution in [0.4, 0.5) is 17.6 Å². The van der Waals surface area contributed by atoms with Gasteiger partial charge in [0.15, 0.2) is 0 Å². The van der Waals surface area contributed by atoms with Crippen LogP contribution < -0.4 is 0 Å². The van der Waals surface area contributed by atoms with Crippen molar-refractivity contribution in [2.24, 2.45) is 0 Å². The molecule has 0 saturated carbocycles. The number of hydrogen-bond donors (Lipinski definition) is 1. The maximum absolute atomic E-state index is 13.5. The second-order valence-electron chi connectivity index (χ2n) is 5.84. The van der Waals surface area contributed by atoms with Crippen LogP contribution in [0.5, 0.6) is 0 Å². The largest absolute Gasteiger partial charge is 0.464 e. The summed E-state index contributed by atoms with van der Waals surface area (Å²) in [6.07, 6.45) is -3.85. The van der Waals surface area contributed by atoms with Crippen molar-refractivity contribution in [1.82, 2.24) is 0 Å². The highest BCUT2D eigenvalue weighted by molar-refractivity contribution is 5.76. The van der Waals surface area contributed by atoms with Crippen LogP contribution in [-0.2, 0) is 30.4 Å². The Kier molecular flexibility index (Phi) is 12.4. The average Bonchev–Trinajstić information content (AvgIpc) is 2.74. The van der Waals surface area contributed by atoms with Crippen LogP contribution in [0.3, 0.4) is 0 Å². The van der Waals surface area contributed by atoms with Gasteiger partial charge < -0.3 is 19.3 Å². The quantitative estimate of drug-likeness (QED) is 0.315. The number of aliphatic hydroxyl groups excluding tert-OH is 1. The summed E-state index contributed by atoms with van der Waals surface area (Å²) in [5.74, 6) is -9.54. The summed E-state index contributed by atoms with van der Waals surface area (Å²) in [7, 11) is 0.